The summed E-state index contributed by atoms with van der Waals surface area (Å²) in [7, 11) is 3.52. The van der Waals surface area contributed by atoms with Gasteiger partial charge in [0.15, 0.2) is 0 Å². The van der Waals surface area contributed by atoms with Crippen molar-refractivity contribution in [3.05, 3.63) is 0 Å². The Bertz CT molecular complexity index is 201. The van der Waals surface area contributed by atoms with Crippen molar-refractivity contribution in [3.8, 4) is 0 Å². The van der Waals surface area contributed by atoms with Crippen LogP contribution in [0.25, 0.3) is 0 Å². The molecule has 0 spiro atoms. The zero-order valence-electron chi connectivity index (χ0n) is 7.00. The first kappa shape index (κ1) is 8.59. The zero-order chi connectivity index (χ0) is 8.43. The summed E-state index contributed by atoms with van der Waals surface area (Å²) >= 11 is 1.65. The molecule has 1 aliphatic heterocycles. The number of carbonyl (C=O) groups excluding carboxylic acids is 1. The van der Waals surface area contributed by atoms with Gasteiger partial charge in [0.1, 0.15) is 6.04 Å². The van der Waals surface area contributed by atoms with Crippen LogP contribution in [-0.2, 0) is 4.79 Å². The lowest BCUT2D eigenvalue weighted by molar-refractivity contribution is -0.129. The highest BCUT2D eigenvalue weighted by molar-refractivity contribution is 8.14. The minimum absolute atomic E-state index is 0.106. The van der Waals surface area contributed by atoms with Gasteiger partial charge in [0.05, 0.1) is 5.04 Å². The van der Waals surface area contributed by atoms with Gasteiger partial charge in [0.2, 0.25) is 5.91 Å². The lowest BCUT2D eigenvalue weighted by Crippen LogP contribution is -2.32. The normalized spacial score (nSPS) is 23.2. The van der Waals surface area contributed by atoms with Crippen LogP contribution in [0.5, 0.6) is 0 Å². The van der Waals surface area contributed by atoms with Crippen LogP contribution in [0.1, 0.15) is 6.92 Å². The molecule has 3 nitrogen and oxygen atoms in total. The molecule has 4 heteroatoms. The Hall–Kier alpha value is -0.510. The zero-order valence-corrected chi connectivity index (χ0v) is 7.81. The maximum absolute atomic E-state index is 11.3. The van der Waals surface area contributed by atoms with Gasteiger partial charge in [-0.2, -0.15) is 0 Å². The SMILES string of the molecule is CC1=NC(C(=O)N(C)C)CS1. The van der Waals surface area contributed by atoms with E-state index in [2.05, 4.69) is 4.99 Å². The van der Waals surface area contributed by atoms with Crippen molar-refractivity contribution in [1.82, 2.24) is 4.90 Å². The Kier molecular flexibility index (Phi) is 2.54. The van der Waals surface area contributed by atoms with Crippen LogP contribution >= 0.6 is 11.8 Å². The number of hydrogen-bond acceptors (Lipinski definition) is 3. The van der Waals surface area contributed by atoms with Crippen molar-refractivity contribution in [2.75, 3.05) is 19.8 Å². The second-order valence-corrected chi connectivity index (χ2v) is 3.92. The van der Waals surface area contributed by atoms with E-state index >= 15 is 0 Å². The van der Waals surface area contributed by atoms with E-state index in [0.717, 1.165) is 10.8 Å². The van der Waals surface area contributed by atoms with E-state index < -0.39 is 0 Å². The number of rotatable bonds is 1. The molecule has 0 bridgehead atoms. The Labute approximate surface area is 70.9 Å². The van der Waals surface area contributed by atoms with Gasteiger partial charge in [-0.25, -0.2) is 0 Å². The molecule has 0 aliphatic carbocycles. The molecular weight excluding hydrogens is 160 g/mol. The maximum atomic E-state index is 11.3. The minimum Gasteiger partial charge on any atom is -0.347 e. The molecule has 0 saturated carbocycles. The van der Waals surface area contributed by atoms with E-state index in [1.807, 2.05) is 6.92 Å². The highest BCUT2D eigenvalue weighted by Gasteiger charge is 2.23. The lowest BCUT2D eigenvalue weighted by Gasteiger charge is -2.12. The molecule has 1 atom stereocenters. The highest BCUT2D eigenvalue weighted by atomic mass is 32.2. The van der Waals surface area contributed by atoms with Gasteiger partial charge in [-0.1, -0.05) is 0 Å². The number of aliphatic imine (C=N–C) groups is 1. The van der Waals surface area contributed by atoms with Crippen LogP contribution in [0.15, 0.2) is 4.99 Å². The number of likely N-dealkylation sites (N-methyl/N-ethyl adjacent to an activating group) is 1. The molecule has 62 valence electrons. The third kappa shape index (κ3) is 1.96. The summed E-state index contributed by atoms with van der Waals surface area (Å²) in [5.74, 6) is 0.914. The smallest absolute Gasteiger partial charge is 0.247 e. The van der Waals surface area contributed by atoms with Crippen LogP contribution in [0.2, 0.25) is 0 Å². The Balaban J connectivity index is 2.57. The van der Waals surface area contributed by atoms with E-state index in [1.165, 1.54) is 0 Å². The molecule has 0 aromatic carbocycles. The van der Waals surface area contributed by atoms with E-state index in [9.17, 15) is 4.79 Å². The number of thioether (sulfide) groups is 1. The molecule has 1 aliphatic rings. The number of amides is 1. The van der Waals surface area contributed by atoms with Crippen LogP contribution in [0.4, 0.5) is 0 Å². The summed E-state index contributed by atoms with van der Waals surface area (Å²) in [6.07, 6.45) is 0. The molecule has 0 radical (unpaired) electrons. The summed E-state index contributed by atoms with van der Waals surface area (Å²) in [6, 6.07) is -0.130. The Morgan fingerprint density at radius 3 is 2.73 bits per heavy atom. The second-order valence-electron chi connectivity index (χ2n) is 2.71. The molecule has 0 fully saturated rings. The third-order valence-electron chi connectivity index (χ3n) is 1.51. The fourth-order valence-corrected chi connectivity index (χ4v) is 1.74. The number of nitrogens with zero attached hydrogens (tertiary/aromatic N) is 2. The second kappa shape index (κ2) is 3.26. The molecule has 1 unspecified atom stereocenters. The molecule has 0 N–H and O–H groups in total. The van der Waals surface area contributed by atoms with Crippen molar-refractivity contribution in [2.24, 2.45) is 4.99 Å². The Morgan fingerprint density at radius 2 is 2.36 bits per heavy atom. The first-order chi connectivity index (χ1) is 5.11. The van der Waals surface area contributed by atoms with Crippen molar-refractivity contribution in [3.63, 3.8) is 0 Å². The standard InChI is InChI=1S/C7H12N2OS/c1-5-8-6(4-11-5)7(10)9(2)3/h6H,4H2,1-3H3. The number of hydrogen-bond donors (Lipinski definition) is 0. The Morgan fingerprint density at radius 1 is 1.73 bits per heavy atom. The molecule has 0 aromatic rings. The quantitative estimate of drug-likeness (QED) is 0.580. The average molecular weight is 172 g/mol. The predicted octanol–water partition coefficient (Wildman–Crippen LogP) is 0.608. The van der Waals surface area contributed by atoms with E-state index in [0.29, 0.717) is 0 Å². The van der Waals surface area contributed by atoms with Crippen molar-refractivity contribution in [2.45, 2.75) is 13.0 Å². The molecular formula is C7H12N2OS. The van der Waals surface area contributed by atoms with E-state index in [-0.39, 0.29) is 11.9 Å². The summed E-state index contributed by atoms with van der Waals surface area (Å²) in [5, 5.41) is 1.02. The molecule has 1 amide bonds. The van der Waals surface area contributed by atoms with Crippen LogP contribution in [-0.4, -0.2) is 41.7 Å². The van der Waals surface area contributed by atoms with Gasteiger partial charge in [-0.05, 0) is 6.92 Å². The van der Waals surface area contributed by atoms with Crippen LogP contribution < -0.4 is 0 Å². The fourth-order valence-electron chi connectivity index (χ4n) is 0.918. The van der Waals surface area contributed by atoms with Gasteiger partial charge in [-0.3, -0.25) is 9.79 Å². The average Bonchev–Trinajstić information content (AvgIpc) is 2.34. The van der Waals surface area contributed by atoms with Crippen molar-refractivity contribution < 1.29 is 4.79 Å². The van der Waals surface area contributed by atoms with Gasteiger partial charge in [0.25, 0.3) is 0 Å². The van der Waals surface area contributed by atoms with Gasteiger partial charge < -0.3 is 4.90 Å². The third-order valence-corrected chi connectivity index (χ3v) is 2.52. The molecule has 11 heavy (non-hydrogen) atoms. The largest absolute Gasteiger partial charge is 0.347 e. The molecule has 1 heterocycles. The molecule has 1 rings (SSSR count). The summed E-state index contributed by atoms with van der Waals surface area (Å²) in [6.45, 7) is 1.94. The van der Waals surface area contributed by atoms with E-state index in [4.69, 9.17) is 0 Å². The molecule has 0 aromatic heterocycles. The summed E-state index contributed by atoms with van der Waals surface area (Å²) in [5.41, 5.74) is 0. The first-order valence-electron chi connectivity index (χ1n) is 3.49. The van der Waals surface area contributed by atoms with Crippen molar-refractivity contribution in [1.29, 1.82) is 0 Å². The highest BCUT2D eigenvalue weighted by Crippen LogP contribution is 2.18. The summed E-state index contributed by atoms with van der Waals surface area (Å²) in [4.78, 5) is 17.1. The fraction of sp³-hybridized carbons (Fsp3) is 0.714. The van der Waals surface area contributed by atoms with Gasteiger partial charge in [-0.15, -0.1) is 11.8 Å². The van der Waals surface area contributed by atoms with Crippen molar-refractivity contribution >= 4 is 22.7 Å². The monoisotopic (exact) mass is 172 g/mol. The van der Waals surface area contributed by atoms with Crippen LogP contribution in [0.3, 0.4) is 0 Å². The maximum Gasteiger partial charge on any atom is 0.247 e. The lowest BCUT2D eigenvalue weighted by atomic mass is 10.3. The van der Waals surface area contributed by atoms with E-state index in [1.54, 1.807) is 30.8 Å². The number of carbonyl (C=O) groups is 1. The topological polar surface area (TPSA) is 32.7 Å². The van der Waals surface area contributed by atoms with Gasteiger partial charge >= 0.3 is 0 Å². The minimum atomic E-state index is -0.130. The summed E-state index contributed by atoms with van der Waals surface area (Å²) < 4.78 is 0. The van der Waals surface area contributed by atoms with Crippen LogP contribution in [0, 0.1) is 0 Å². The molecule has 0 saturated heterocycles. The first-order valence-corrected chi connectivity index (χ1v) is 4.48. The van der Waals surface area contributed by atoms with Gasteiger partial charge in [0, 0.05) is 19.8 Å². The predicted molar refractivity (Wildman–Crippen MR) is 48.0 cm³/mol.